The van der Waals surface area contributed by atoms with Gasteiger partial charge in [0.15, 0.2) is 5.82 Å². The van der Waals surface area contributed by atoms with E-state index in [1.54, 1.807) is 17.0 Å². The maximum absolute atomic E-state index is 12.3. The van der Waals surface area contributed by atoms with Gasteiger partial charge in [-0.2, -0.15) is 0 Å². The molecule has 0 aliphatic heterocycles. The summed E-state index contributed by atoms with van der Waals surface area (Å²) < 4.78 is 1.72. The van der Waals surface area contributed by atoms with Crippen molar-refractivity contribution in [1.82, 2.24) is 14.5 Å². The highest BCUT2D eigenvalue weighted by Gasteiger charge is 2.19. The number of nitrogens with zero attached hydrogens (tertiary/aromatic N) is 3. The van der Waals surface area contributed by atoms with Gasteiger partial charge in [-0.05, 0) is 25.4 Å². The molecule has 0 aromatic carbocycles. The van der Waals surface area contributed by atoms with Gasteiger partial charge in [0.2, 0.25) is 0 Å². The van der Waals surface area contributed by atoms with E-state index in [0.29, 0.717) is 11.7 Å². The molecule has 5 nitrogen and oxygen atoms in total. The Morgan fingerprint density at radius 2 is 2.05 bits per heavy atom. The maximum Gasteiger partial charge on any atom is 0.293 e. The molecule has 1 heterocycles. The van der Waals surface area contributed by atoms with E-state index in [9.17, 15) is 4.79 Å². The first-order chi connectivity index (χ1) is 9.21. The van der Waals surface area contributed by atoms with Crippen LogP contribution in [-0.2, 0) is 6.54 Å². The van der Waals surface area contributed by atoms with Crippen LogP contribution in [0.4, 0.5) is 5.82 Å². The summed E-state index contributed by atoms with van der Waals surface area (Å²) in [4.78, 5) is 18.6. The van der Waals surface area contributed by atoms with Gasteiger partial charge in [0.1, 0.15) is 0 Å². The van der Waals surface area contributed by atoms with Crippen molar-refractivity contribution < 1.29 is 0 Å². The standard InChI is InChI=1S/C15H28N4O/c1-12(2)9-19-8-7-16-13(14(19)20)17-10-15(3,4)11-18(5)6/h7-8,12H,9-11H2,1-6H3,(H,16,17). The molecule has 0 unspecified atom stereocenters. The monoisotopic (exact) mass is 280 g/mol. The summed E-state index contributed by atoms with van der Waals surface area (Å²) in [6, 6.07) is 0. The predicted octanol–water partition coefficient (Wildman–Crippen LogP) is 1.90. The lowest BCUT2D eigenvalue weighted by atomic mass is 9.93. The smallest absolute Gasteiger partial charge is 0.293 e. The lowest BCUT2D eigenvalue weighted by Crippen LogP contribution is -2.36. The van der Waals surface area contributed by atoms with Gasteiger partial charge in [0, 0.05) is 32.0 Å². The summed E-state index contributed by atoms with van der Waals surface area (Å²) in [6.07, 6.45) is 3.43. The Kier molecular flexibility index (Phi) is 5.74. The van der Waals surface area contributed by atoms with Crippen molar-refractivity contribution in [2.45, 2.75) is 34.2 Å². The van der Waals surface area contributed by atoms with Crippen molar-refractivity contribution in [1.29, 1.82) is 0 Å². The van der Waals surface area contributed by atoms with Gasteiger partial charge >= 0.3 is 0 Å². The number of anilines is 1. The summed E-state index contributed by atoms with van der Waals surface area (Å²) in [5.41, 5.74) is 0.0398. The van der Waals surface area contributed by atoms with Gasteiger partial charge in [0.25, 0.3) is 5.56 Å². The number of rotatable bonds is 7. The van der Waals surface area contributed by atoms with Crippen molar-refractivity contribution in [3.05, 3.63) is 22.7 Å². The Morgan fingerprint density at radius 1 is 1.40 bits per heavy atom. The van der Waals surface area contributed by atoms with Crippen molar-refractivity contribution in [3.8, 4) is 0 Å². The average Bonchev–Trinajstić information content (AvgIpc) is 2.28. The molecule has 0 saturated heterocycles. The van der Waals surface area contributed by atoms with Crippen LogP contribution < -0.4 is 10.9 Å². The molecule has 0 aliphatic rings. The Balaban J connectivity index is 2.76. The number of hydrogen-bond acceptors (Lipinski definition) is 4. The van der Waals surface area contributed by atoms with Gasteiger partial charge in [0.05, 0.1) is 0 Å². The van der Waals surface area contributed by atoms with Gasteiger partial charge in [-0.15, -0.1) is 0 Å². The van der Waals surface area contributed by atoms with Gasteiger partial charge in [-0.1, -0.05) is 27.7 Å². The normalized spacial score (nSPS) is 12.2. The first-order valence-corrected chi connectivity index (χ1v) is 7.15. The summed E-state index contributed by atoms with van der Waals surface area (Å²) in [5.74, 6) is 0.883. The van der Waals surface area contributed by atoms with E-state index in [1.165, 1.54) is 0 Å². The fourth-order valence-electron chi connectivity index (χ4n) is 2.34. The minimum atomic E-state index is -0.0400. The Bertz CT molecular complexity index is 477. The van der Waals surface area contributed by atoms with Crippen molar-refractivity contribution in [3.63, 3.8) is 0 Å². The van der Waals surface area contributed by atoms with E-state index in [1.807, 2.05) is 0 Å². The molecule has 0 bridgehead atoms. The lowest BCUT2D eigenvalue weighted by molar-refractivity contribution is 0.254. The quantitative estimate of drug-likeness (QED) is 0.829. The molecule has 1 N–H and O–H groups in total. The summed E-state index contributed by atoms with van der Waals surface area (Å²) in [5, 5.41) is 3.20. The molecule has 0 aliphatic carbocycles. The van der Waals surface area contributed by atoms with E-state index in [4.69, 9.17) is 0 Å². The second-order valence-corrected chi connectivity index (χ2v) is 6.88. The zero-order chi connectivity index (χ0) is 15.3. The van der Waals surface area contributed by atoms with Crippen LogP contribution in [0.1, 0.15) is 27.7 Å². The lowest BCUT2D eigenvalue weighted by Gasteiger charge is -2.28. The fraction of sp³-hybridized carbons (Fsp3) is 0.733. The zero-order valence-corrected chi connectivity index (χ0v) is 13.6. The Labute approximate surface area is 122 Å². The minimum Gasteiger partial charge on any atom is -0.365 e. The maximum atomic E-state index is 12.3. The molecule has 1 aromatic rings. The summed E-state index contributed by atoms with van der Waals surface area (Å²) in [7, 11) is 4.11. The molecule has 0 spiro atoms. The van der Waals surface area contributed by atoms with Crippen LogP contribution in [0, 0.1) is 11.3 Å². The highest BCUT2D eigenvalue weighted by molar-refractivity contribution is 5.31. The molecule has 0 saturated carbocycles. The topological polar surface area (TPSA) is 50.2 Å². The largest absolute Gasteiger partial charge is 0.365 e. The van der Waals surface area contributed by atoms with Crippen LogP contribution in [-0.4, -0.2) is 41.6 Å². The first-order valence-electron chi connectivity index (χ1n) is 7.15. The van der Waals surface area contributed by atoms with E-state index in [0.717, 1.165) is 19.6 Å². The van der Waals surface area contributed by atoms with E-state index in [2.05, 4.69) is 57.0 Å². The highest BCUT2D eigenvalue weighted by atomic mass is 16.1. The van der Waals surface area contributed by atoms with Crippen LogP contribution in [0.3, 0.4) is 0 Å². The van der Waals surface area contributed by atoms with Crippen LogP contribution in [0.2, 0.25) is 0 Å². The molecule has 0 atom stereocenters. The third-order valence-electron chi connectivity index (χ3n) is 2.95. The second-order valence-electron chi connectivity index (χ2n) is 6.88. The molecule has 1 aromatic heterocycles. The Morgan fingerprint density at radius 3 is 2.60 bits per heavy atom. The first kappa shape index (κ1) is 16.7. The third-order valence-corrected chi connectivity index (χ3v) is 2.95. The molecule has 0 fully saturated rings. The number of hydrogen-bond donors (Lipinski definition) is 1. The number of aromatic nitrogens is 2. The van der Waals surface area contributed by atoms with E-state index < -0.39 is 0 Å². The highest BCUT2D eigenvalue weighted by Crippen LogP contribution is 2.15. The van der Waals surface area contributed by atoms with Gasteiger partial charge in [-0.3, -0.25) is 4.79 Å². The molecular weight excluding hydrogens is 252 g/mol. The molecular formula is C15H28N4O. The molecule has 5 heteroatoms. The molecule has 0 radical (unpaired) electrons. The molecule has 20 heavy (non-hydrogen) atoms. The zero-order valence-electron chi connectivity index (χ0n) is 13.6. The van der Waals surface area contributed by atoms with Crippen LogP contribution in [0.15, 0.2) is 17.2 Å². The molecule has 0 amide bonds. The third kappa shape index (κ3) is 5.33. The predicted molar refractivity (Wildman–Crippen MR) is 84.2 cm³/mol. The second kappa shape index (κ2) is 6.88. The summed E-state index contributed by atoms with van der Waals surface area (Å²) >= 11 is 0. The van der Waals surface area contributed by atoms with Crippen molar-refractivity contribution in [2.75, 3.05) is 32.5 Å². The SMILES string of the molecule is CC(C)Cn1ccnc(NCC(C)(C)CN(C)C)c1=O. The van der Waals surface area contributed by atoms with E-state index >= 15 is 0 Å². The van der Waals surface area contributed by atoms with Crippen molar-refractivity contribution >= 4 is 5.82 Å². The molecule has 1 rings (SSSR count). The van der Waals surface area contributed by atoms with Gasteiger partial charge < -0.3 is 14.8 Å². The number of nitrogens with one attached hydrogen (secondary N) is 1. The van der Waals surface area contributed by atoms with E-state index in [-0.39, 0.29) is 11.0 Å². The molecule has 114 valence electrons. The summed E-state index contributed by atoms with van der Waals surface area (Å²) in [6.45, 7) is 10.9. The van der Waals surface area contributed by atoms with Crippen LogP contribution in [0.25, 0.3) is 0 Å². The average molecular weight is 280 g/mol. The van der Waals surface area contributed by atoms with Crippen LogP contribution in [0.5, 0.6) is 0 Å². The fourth-order valence-corrected chi connectivity index (χ4v) is 2.34. The van der Waals surface area contributed by atoms with Crippen LogP contribution >= 0.6 is 0 Å². The Hall–Kier alpha value is -1.36. The van der Waals surface area contributed by atoms with Crippen molar-refractivity contribution in [2.24, 2.45) is 11.3 Å². The minimum absolute atomic E-state index is 0.0400. The van der Waals surface area contributed by atoms with Gasteiger partial charge in [-0.25, -0.2) is 4.98 Å².